The fraction of sp³-hybridized carbons (Fsp3) is 0.438. The van der Waals surface area contributed by atoms with Gasteiger partial charge in [-0.2, -0.15) is 9.57 Å². The molecule has 3 rings (SSSR count). The maximum absolute atomic E-state index is 12.8. The molecule has 0 saturated carbocycles. The van der Waals surface area contributed by atoms with Gasteiger partial charge in [0.05, 0.1) is 6.54 Å². The van der Waals surface area contributed by atoms with Crippen LogP contribution in [0.15, 0.2) is 28.7 Å². The third kappa shape index (κ3) is 3.81. The van der Waals surface area contributed by atoms with Gasteiger partial charge in [-0.05, 0) is 31.4 Å². The second kappa shape index (κ2) is 7.47. The molecule has 0 radical (unpaired) electrons. The number of hydrogen-bond donors (Lipinski definition) is 0. The largest absolute Gasteiger partial charge is 0.471 e. The van der Waals surface area contributed by atoms with Crippen molar-refractivity contribution in [1.82, 2.24) is 14.3 Å². The summed E-state index contributed by atoms with van der Waals surface area (Å²) in [6.07, 6.45) is 4.74. The molecule has 0 unspecified atom stereocenters. The van der Waals surface area contributed by atoms with Gasteiger partial charge in [0.15, 0.2) is 0 Å². The number of rotatable bonds is 5. The Hall–Kier alpha value is -2.02. The van der Waals surface area contributed by atoms with Crippen molar-refractivity contribution >= 4 is 21.4 Å². The first-order valence-electron chi connectivity index (χ1n) is 8.01. The van der Waals surface area contributed by atoms with Gasteiger partial charge in [0.2, 0.25) is 5.69 Å². The smallest absolute Gasteiger partial charge is 0.252 e. The van der Waals surface area contributed by atoms with Crippen LogP contribution >= 0.6 is 11.3 Å². The highest BCUT2D eigenvalue weighted by Gasteiger charge is 2.32. The van der Waals surface area contributed by atoms with E-state index in [4.69, 9.17) is 10.00 Å². The van der Waals surface area contributed by atoms with Crippen molar-refractivity contribution in [3.05, 3.63) is 35.1 Å². The minimum absolute atomic E-state index is 0.105. The van der Waals surface area contributed by atoms with Crippen molar-refractivity contribution in [3.63, 3.8) is 0 Å². The molecule has 0 amide bonds. The van der Waals surface area contributed by atoms with Gasteiger partial charge in [-0.3, -0.25) is 0 Å². The zero-order valence-electron chi connectivity index (χ0n) is 13.8. The summed E-state index contributed by atoms with van der Waals surface area (Å²) in [6, 6.07) is 5.45. The van der Waals surface area contributed by atoms with Crippen LogP contribution in [-0.4, -0.2) is 41.9 Å². The van der Waals surface area contributed by atoms with Crippen molar-refractivity contribution in [1.29, 1.82) is 5.26 Å². The third-order valence-electron chi connectivity index (χ3n) is 3.97. The second-order valence-corrected chi connectivity index (χ2v) is 8.97. The van der Waals surface area contributed by atoms with E-state index in [1.807, 2.05) is 19.1 Å². The van der Waals surface area contributed by atoms with E-state index in [-0.39, 0.29) is 24.2 Å². The topological polar surface area (TPSA) is 96.2 Å². The minimum Gasteiger partial charge on any atom is -0.471 e. The molecule has 1 atom stereocenters. The quantitative estimate of drug-likeness (QED) is 0.791. The number of hydrogen-bond acceptors (Lipinski definition) is 7. The van der Waals surface area contributed by atoms with E-state index >= 15 is 0 Å². The zero-order chi connectivity index (χ0) is 17.9. The lowest BCUT2D eigenvalue weighted by atomic mass is 10.1. The lowest BCUT2D eigenvalue weighted by Crippen LogP contribution is -2.44. The maximum Gasteiger partial charge on any atom is 0.252 e. The van der Waals surface area contributed by atoms with E-state index in [1.165, 1.54) is 28.0 Å². The molecule has 7 nitrogen and oxygen atoms in total. The SMILES string of the molecule is CCc1ccc(S(=O)(=O)N2CCC[C@@H](Oc3nccnc3C#N)C2)s1. The van der Waals surface area contributed by atoms with Crippen LogP contribution in [0.3, 0.4) is 0 Å². The minimum atomic E-state index is -3.52. The Kier molecular flexibility index (Phi) is 5.32. The molecule has 9 heteroatoms. The maximum atomic E-state index is 12.8. The van der Waals surface area contributed by atoms with E-state index in [1.54, 1.807) is 6.07 Å². The molecule has 1 aliphatic heterocycles. The Morgan fingerprint density at radius 1 is 1.40 bits per heavy atom. The Balaban J connectivity index is 1.75. The summed E-state index contributed by atoms with van der Waals surface area (Å²) in [5.74, 6) is 0.152. The van der Waals surface area contributed by atoms with E-state index in [9.17, 15) is 8.42 Å². The first kappa shape index (κ1) is 17.8. The number of sulfonamides is 1. The fourth-order valence-electron chi connectivity index (χ4n) is 2.68. The molecular weight excluding hydrogens is 360 g/mol. The van der Waals surface area contributed by atoms with Gasteiger partial charge in [0, 0.05) is 23.8 Å². The van der Waals surface area contributed by atoms with Gasteiger partial charge in [-0.1, -0.05) is 6.92 Å². The first-order chi connectivity index (χ1) is 12.0. The average molecular weight is 378 g/mol. The molecule has 0 bridgehead atoms. The molecule has 1 aliphatic rings. The summed E-state index contributed by atoms with van der Waals surface area (Å²) in [7, 11) is -3.52. The number of aryl methyl sites for hydroxylation is 1. The molecule has 1 fully saturated rings. The number of ether oxygens (including phenoxy) is 1. The fourth-order valence-corrected chi connectivity index (χ4v) is 5.64. The van der Waals surface area contributed by atoms with Crippen molar-refractivity contribution < 1.29 is 13.2 Å². The zero-order valence-corrected chi connectivity index (χ0v) is 15.4. The van der Waals surface area contributed by atoms with E-state index in [0.717, 1.165) is 11.3 Å². The lowest BCUT2D eigenvalue weighted by Gasteiger charge is -2.31. The van der Waals surface area contributed by atoms with Crippen molar-refractivity contribution in [2.75, 3.05) is 13.1 Å². The second-order valence-electron chi connectivity index (χ2n) is 5.64. The molecule has 132 valence electrons. The summed E-state index contributed by atoms with van der Waals surface area (Å²) in [4.78, 5) is 8.98. The monoisotopic (exact) mass is 378 g/mol. The molecule has 0 aromatic carbocycles. The molecule has 25 heavy (non-hydrogen) atoms. The average Bonchev–Trinajstić information content (AvgIpc) is 3.12. The van der Waals surface area contributed by atoms with Crippen molar-refractivity contribution in [2.45, 2.75) is 36.5 Å². The van der Waals surface area contributed by atoms with E-state index in [2.05, 4.69) is 9.97 Å². The predicted octanol–water partition coefficient (Wildman–Crippen LogP) is 2.20. The molecule has 0 aliphatic carbocycles. The molecule has 0 spiro atoms. The Bertz CT molecular complexity index is 889. The first-order valence-corrected chi connectivity index (χ1v) is 10.3. The summed E-state index contributed by atoms with van der Waals surface area (Å²) >= 11 is 1.31. The van der Waals surface area contributed by atoms with Gasteiger partial charge in [0.1, 0.15) is 16.4 Å². The van der Waals surface area contributed by atoms with Crippen LogP contribution in [0.2, 0.25) is 0 Å². The normalized spacial score (nSPS) is 18.6. The van der Waals surface area contributed by atoms with Gasteiger partial charge >= 0.3 is 0 Å². The van der Waals surface area contributed by atoms with Gasteiger partial charge < -0.3 is 4.74 Å². The number of piperidine rings is 1. The van der Waals surface area contributed by atoms with Crippen LogP contribution in [0.25, 0.3) is 0 Å². The lowest BCUT2D eigenvalue weighted by molar-refractivity contribution is 0.124. The van der Waals surface area contributed by atoms with Crippen LogP contribution in [0.4, 0.5) is 0 Å². The van der Waals surface area contributed by atoms with Gasteiger partial charge in [-0.15, -0.1) is 11.3 Å². The van der Waals surface area contributed by atoms with Crippen molar-refractivity contribution in [2.24, 2.45) is 0 Å². The Labute approximate surface area is 151 Å². The highest BCUT2D eigenvalue weighted by molar-refractivity contribution is 7.91. The van der Waals surface area contributed by atoms with Crippen LogP contribution in [-0.2, 0) is 16.4 Å². The van der Waals surface area contributed by atoms with E-state index < -0.39 is 10.0 Å². The summed E-state index contributed by atoms with van der Waals surface area (Å²) < 4.78 is 33.3. The highest BCUT2D eigenvalue weighted by atomic mass is 32.2. The summed E-state index contributed by atoms with van der Waals surface area (Å²) in [5, 5.41) is 9.07. The van der Waals surface area contributed by atoms with E-state index in [0.29, 0.717) is 23.6 Å². The third-order valence-corrected chi connectivity index (χ3v) is 7.53. The summed E-state index contributed by atoms with van der Waals surface area (Å²) in [5.41, 5.74) is 0.105. The van der Waals surface area contributed by atoms with Crippen LogP contribution < -0.4 is 4.74 Å². The highest BCUT2D eigenvalue weighted by Crippen LogP contribution is 2.28. The van der Waals surface area contributed by atoms with Gasteiger partial charge in [-0.25, -0.2) is 18.4 Å². The van der Waals surface area contributed by atoms with Crippen molar-refractivity contribution in [3.8, 4) is 11.9 Å². The number of thiophene rings is 1. The molecule has 2 aromatic heterocycles. The number of nitriles is 1. The molecule has 2 aromatic rings. The van der Waals surface area contributed by atoms with Crippen LogP contribution in [0.5, 0.6) is 5.88 Å². The molecule has 0 N–H and O–H groups in total. The Morgan fingerprint density at radius 3 is 2.92 bits per heavy atom. The standard InChI is InChI=1S/C16H18N4O3S2/c1-2-13-5-6-15(24-13)25(21,22)20-9-3-4-12(11-20)23-16-14(10-17)18-7-8-19-16/h5-8,12H,2-4,9,11H2,1H3/t12-/m1/s1. The Morgan fingerprint density at radius 2 is 2.20 bits per heavy atom. The summed E-state index contributed by atoms with van der Waals surface area (Å²) in [6.45, 7) is 2.71. The molecule has 3 heterocycles. The molecular formula is C16H18N4O3S2. The van der Waals surface area contributed by atoms with Crippen LogP contribution in [0.1, 0.15) is 30.3 Å². The van der Waals surface area contributed by atoms with Crippen LogP contribution in [0, 0.1) is 11.3 Å². The van der Waals surface area contributed by atoms with Gasteiger partial charge in [0.25, 0.3) is 15.9 Å². The number of nitrogens with zero attached hydrogens (tertiary/aromatic N) is 4. The molecule has 1 saturated heterocycles. The predicted molar refractivity (Wildman–Crippen MR) is 92.9 cm³/mol. The number of aromatic nitrogens is 2.